The van der Waals surface area contributed by atoms with Crippen LogP contribution < -0.4 is 0 Å². The molecule has 0 atom stereocenters. The van der Waals surface area contributed by atoms with E-state index in [0.29, 0.717) is 17.9 Å². The standard InChI is InChI=1S/C21H31NO2/c1-4-5-12-24-20(23)22-10-8-21(9-11-22)14-18(15-21)19-13-16(2)6-7-17(19)3/h6-7,13,18H,4-5,8-12,14-15H2,1-3H3. The van der Waals surface area contributed by atoms with Gasteiger partial charge >= 0.3 is 6.09 Å². The highest BCUT2D eigenvalue weighted by molar-refractivity contribution is 5.67. The number of ether oxygens (including phenoxy) is 1. The number of aryl methyl sites for hydroxylation is 2. The lowest BCUT2D eigenvalue weighted by molar-refractivity contribution is 0.0114. The summed E-state index contributed by atoms with van der Waals surface area (Å²) in [5.41, 5.74) is 4.81. The summed E-state index contributed by atoms with van der Waals surface area (Å²) in [4.78, 5) is 14.0. The first-order valence-corrected chi connectivity index (χ1v) is 9.52. The second kappa shape index (κ2) is 7.16. The van der Waals surface area contributed by atoms with Gasteiger partial charge in [-0.2, -0.15) is 0 Å². The van der Waals surface area contributed by atoms with Crippen molar-refractivity contribution in [3.63, 3.8) is 0 Å². The molecule has 2 aliphatic rings. The molecule has 1 spiro atoms. The van der Waals surface area contributed by atoms with Gasteiger partial charge in [-0.3, -0.25) is 0 Å². The Morgan fingerprint density at radius 2 is 1.96 bits per heavy atom. The molecule has 1 aromatic rings. The minimum Gasteiger partial charge on any atom is -0.449 e. The summed E-state index contributed by atoms with van der Waals surface area (Å²) in [7, 11) is 0. The first-order valence-electron chi connectivity index (χ1n) is 9.52. The van der Waals surface area contributed by atoms with E-state index in [2.05, 4.69) is 39.0 Å². The van der Waals surface area contributed by atoms with Gasteiger partial charge in [0.2, 0.25) is 0 Å². The lowest BCUT2D eigenvalue weighted by Gasteiger charge is -2.52. The van der Waals surface area contributed by atoms with Gasteiger partial charge in [-0.1, -0.05) is 37.1 Å². The summed E-state index contributed by atoms with van der Waals surface area (Å²) in [6.45, 7) is 8.82. The molecule has 132 valence electrons. The van der Waals surface area contributed by atoms with Crippen LogP contribution in [0.25, 0.3) is 0 Å². The monoisotopic (exact) mass is 329 g/mol. The molecule has 24 heavy (non-hydrogen) atoms. The minimum absolute atomic E-state index is 0.108. The number of nitrogens with zero attached hydrogens (tertiary/aromatic N) is 1. The van der Waals surface area contributed by atoms with Crippen LogP contribution in [0.1, 0.15) is 68.1 Å². The third kappa shape index (κ3) is 3.60. The highest BCUT2D eigenvalue weighted by atomic mass is 16.6. The smallest absolute Gasteiger partial charge is 0.409 e. The molecule has 0 bridgehead atoms. The Morgan fingerprint density at radius 3 is 2.62 bits per heavy atom. The quantitative estimate of drug-likeness (QED) is 0.711. The third-order valence-corrected chi connectivity index (χ3v) is 6.04. The molecular formula is C21H31NO2. The van der Waals surface area contributed by atoms with Crippen molar-refractivity contribution in [2.24, 2.45) is 5.41 Å². The van der Waals surface area contributed by atoms with Gasteiger partial charge in [0.05, 0.1) is 6.61 Å². The molecule has 0 N–H and O–H groups in total. The van der Waals surface area contributed by atoms with Crippen molar-refractivity contribution in [2.45, 2.75) is 65.2 Å². The Balaban J connectivity index is 1.50. The van der Waals surface area contributed by atoms with Crippen molar-refractivity contribution >= 4 is 6.09 Å². The molecule has 1 aromatic carbocycles. The highest BCUT2D eigenvalue weighted by Gasteiger charge is 2.47. The molecule has 1 saturated heterocycles. The lowest BCUT2D eigenvalue weighted by atomic mass is 9.55. The number of benzene rings is 1. The van der Waals surface area contributed by atoms with Crippen molar-refractivity contribution in [2.75, 3.05) is 19.7 Å². The van der Waals surface area contributed by atoms with Gasteiger partial charge in [0.1, 0.15) is 0 Å². The molecule has 3 heteroatoms. The van der Waals surface area contributed by atoms with E-state index < -0.39 is 0 Å². The number of amides is 1. The van der Waals surface area contributed by atoms with E-state index >= 15 is 0 Å². The van der Waals surface area contributed by atoms with Gasteiger partial charge in [0.25, 0.3) is 0 Å². The Hall–Kier alpha value is -1.51. The molecule has 1 amide bonds. The zero-order valence-electron chi connectivity index (χ0n) is 15.4. The van der Waals surface area contributed by atoms with Gasteiger partial charge in [0.15, 0.2) is 0 Å². The maximum Gasteiger partial charge on any atom is 0.409 e. The zero-order valence-corrected chi connectivity index (χ0v) is 15.4. The van der Waals surface area contributed by atoms with E-state index in [1.807, 2.05) is 4.90 Å². The van der Waals surface area contributed by atoms with E-state index in [1.54, 1.807) is 5.56 Å². The van der Waals surface area contributed by atoms with Crippen molar-refractivity contribution in [3.8, 4) is 0 Å². The summed E-state index contributed by atoms with van der Waals surface area (Å²) in [6, 6.07) is 6.83. The maximum atomic E-state index is 12.1. The first kappa shape index (κ1) is 17.3. The van der Waals surface area contributed by atoms with E-state index in [9.17, 15) is 4.79 Å². The molecule has 1 aliphatic carbocycles. The van der Waals surface area contributed by atoms with Gasteiger partial charge in [-0.25, -0.2) is 4.79 Å². The number of likely N-dealkylation sites (tertiary alicyclic amines) is 1. The number of rotatable bonds is 4. The topological polar surface area (TPSA) is 29.5 Å². The Labute approximate surface area is 146 Å². The van der Waals surface area contributed by atoms with Crippen LogP contribution in [0.4, 0.5) is 4.79 Å². The summed E-state index contributed by atoms with van der Waals surface area (Å²) >= 11 is 0. The fraction of sp³-hybridized carbons (Fsp3) is 0.667. The predicted octanol–water partition coefficient (Wildman–Crippen LogP) is 5.20. The average molecular weight is 329 g/mol. The number of piperidine rings is 1. The molecule has 0 aromatic heterocycles. The van der Waals surface area contributed by atoms with Crippen molar-refractivity contribution in [1.29, 1.82) is 0 Å². The lowest BCUT2D eigenvalue weighted by Crippen LogP contribution is -2.48. The molecule has 3 rings (SSSR count). The van der Waals surface area contributed by atoms with Gasteiger partial charge in [0, 0.05) is 13.1 Å². The van der Waals surface area contributed by atoms with Gasteiger partial charge in [-0.05, 0) is 68.4 Å². The Morgan fingerprint density at radius 1 is 1.25 bits per heavy atom. The van der Waals surface area contributed by atoms with Crippen LogP contribution in [0.2, 0.25) is 0 Å². The zero-order chi connectivity index (χ0) is 17.2. The minimum atomic E-state index is -0.108. The number of unbranched alkanes of at least 4 members (excludes halogenated alkanes) is 1. The van der Waals surface area contributed by atoms with Crippen LogP contribution in [0.3, 0.4) is 0 Å². The molecule has 0 radical (unpaired) electrons. The number of carbonyl (C=O) groups is 1. The molecule has 1 aliphatic heterocycles. The van der Waals surface area contributed by atoms with E-state index in [1.165, 1.54) is 24.0 Å². The van der Waals surface area contributed by atoms with Crippen LogP contribution in [0, 0.1) is 19.3 Å². The summed E-state index contributed by atoms with van der Waals surface area (Å²) < 4.78 is 5.35. The van der Waals surface area contributed by atoms with E-state index in [4.69, 9.17) is 4.74 Å². The summed E-state index contributed by atoms with van der Waals surface area (Å²) in [5.74, 6) is 0.716. The van der Waals surface area contributed by atoms with Crippen LogP contribution in [0.15, 0.2) is 18.2 Å². The number of hydrogen-bond acceptors (Lipinski definition) is 2. The summed E-state index contributed by atoms with van der Waals surface area (Å²) in [6.07, 6.45) is 6.77. The molecule has 2 fully saturated rings. The normalized spacial score (nSPS) is 20.0. The van der Waals surface area contributed by atoms with Crippen molar-refractivity contribution < 1.29 is 9.53 Å². The molecule has 1 saturated carbocycles. The van der Waals surface area contributed by atoms with Gasteiger partial charge in [-0.15, -0.1) is 0 Å². The summed E-state index contributed by atoms with van der Waals surface area (Å²) in [5, 5.41) is 0. The SMILES string of the molecule is CCCCOC(=O)N1CCC2(CC1)CC(c1cc(C)ccc1C)C2. The third-order valence-electron chi connectivity index (χ3n) is 6.04. The van der Waals surface area contributed by atoms with Crippen LogP contribution in [0.5, 0.6) is 0 Å². The van der Waals surface area contributed by atoms with Crippen molar-refractivity contribution in [1.82, 2.24) is 4.90 Å². The van der Waals surface area contributed by atoms with E-state index in [-0.39, 0.29) is 6.09 Å². The fourth-order valence-electron chi connectivity index (χ4n) is 4.37. The second-order valence-corrected chi connectivity index (χ2v) is 7.92. The maximum absolute atomic E-state index is 12.1. The average Bonchev–Trinajstić information content (AvgIpc) is 2.55. The number of hydrogen-bond donors (Lipinski definition) is 0. The van der Waals surface area contributed by atoms with Crippen molar-refractivity contribution in [3.05, 3.63) is 34.9 Å². The van der Waals surface area contributed by atoms with Crippen LogP contribution in [-0.2, 0) is 4.74 Å². The molecule has 1 heterocycles. The van der Waals surface area contributed by atoms with Gasteiger partial charge < -0.3 is 9.64 Å². The first-order chi connectivity index (χ1) is 11.5. The largest absolute Gasteiger partial charge is 0.449 e. The second-order valence-electron chi connectivity index (χ2n) is 7.92. The number of carbonyl (C=O) groups excluding carboxylic acids is 1. The van der Waals surface area contributed by atoms with Crippen LogP contribution in [-0.4, -0.2) is 30.7 Å². The van der Waals surface area contributed by atoms with Crippen LogP contribution >= 0.6 is 0 Å². The fourth-order valence-corrected chi connectivity index (χ4v) is 4.37. The Kier molecular flexibility index (Phi) is 5.17. The Bertz CT molecular complexity index is 580. The molecular weight excluding hydrogens is 298 g/mol. The highest BCUT2D eigenvalue weighted by Crippen LogP contribution is 2.57. The predicted molar refractivity (Wildman–Crippen MR) is 97.4 cm³/mol. The van der Waals surface area contributed by atoms with E-state index in [0.717, 1.165) is 38.8 Å². The molecule has 0 unspecified atom stereocenters. The molecule has 3 nitrogen and oxygen atoms in total.